The van der Waals surface area contributed by atoms with E-state index in [1.807, 2.05) is 19.1 Å². The number of carbonyl (C=O) groups is 2. The minimum atomic E-state index is -0.561. The van der Waals surface area contributed by atoms with Crippen LogP contribution in [0, 0.1) is 6.92 Å². The summed E-state index contributed by atoms with van der Waals surface area (Å²) in [6, 6.07) is 12.4. The number of rotatable bonds is 6. The first-order chi connectivity index (χ1) is 12.4. The van der Waals surface area contributed by atoms with Crippen LogP contribution in [0.15, 0.2) is 51.4 Å². The Hall–Kier alpha value is -2.80. The highest BCUT2D eigenvalue weighted by molar-refractivity contribution is 9.10. The molecule has 0 bridgehead atoms. The zero-order chi connectivity index (χ0) is 18.7. The van der Waals surface area contributed by atoms with Crippen LogP contribution in [0.1, 0.15) is 21.7 Å². The summed E-state index contributed by atoms with van der Waals surface area (Å²) in [4.78, 5) is 23.1. The lowest BCUT2D eigenvalue weighted by Gasteiger charge is -2.07. The highest BCUT2D eigenvalue weighted by Gasteiger charge is 2.19. The predicted octanol–water partition coefficient (Wildman–Crippen LogP) is 3.72. The van der Waals surface area contributed by atoms with Gasteiger partial charge in [0.2, 0.25) is 5.76 Å². The second-order valence-electron chi connectivity index (χ2n) is 5.68. The maximum Gasteiger partial charge on any atom is 0.374 e. The number of amides is 1. The molecule has 1 amide bonds. The molecule has 0 atom stereocenters. The number of hydrogen-bond donors (Lipinski definition) is 1. The largest absolute Gasteiger partial charge is 0.484 e. The zero-order valence-electron chi connectivity index (χ0n) is 14.0. The third-order valence-corrected chi connectivity index (χ3v) is 4.23. The van der Waals surface area contributed by atoms with Gasteiger partial charge < -0.3 is 19.6 Å². The van der Waals surface area contributed by atoms with Crippen LogP contribution in [-0.2, 0) is 16.1 Å². The Morgan fingerprint density at radius 2 is 2.00 bits per heavy atom. The topological polar surface area (TPSA) is 91.8 Å². The number of fused-ring (bicyclic) bond motifs is 1. The molecule has 0 fully saturated rings. The lowest BCUT2D eigenvalue weighted by Crippen LogP contribution is -2.20. The van der Waals surface area contributed by atoms with E-state index in [2.05, 4.69) is 15.9 Å². The smallest absolute Gasteiger partial charge is 0.374 e. The molecule has 0 saturated heterocycles. The zero-order valence-corrected chi connectivity index (χ0v) is 15.5. The van der Waals surface area contributed by atoms with Crippen LogP contribution >= 0.6 is 15.9 Å². The number of halogens is 1. The molecule has 134 valence electrons. The number of carbonyl (C=O) groups excluding carboxylic acids is 2. The molecule has 3 aromatic rings. The summed E-state index contributed by atoms with van der Waals surface area (Å²) < 4.78 is 17.1. The molecule has 0 aliphatic heterocycles. The first-order valence-corrected chi connectivity index (χ1v) is 8.59. The van der Waals surface area contributed by atoms with E-state index in [4.69, 9.17) is 19.6 Å². The van der Waals surface area contributed by atoms with E-state index in [1.165, 1.54) is 0 Å². The van der Waals surface area contributed by atoms with Crippen LogP contribution in [0.3, 0.4) is 0 Å². The fourth-order valence-electron chi connectivity index (χ4n) is 2.48. The maximum absolute atomic E-state index is 12.4. The van der Waals surface area contributed by atoms with Crippen molar-refractivity contribution in [1.29, 1.82) is 0 Å². The third kappa shape index (κ3) is 4.05. The average molecular weight is 418 g/mol. The molecule has 0 spiro atoms. The first-order valence-electron chi connectivity index (χ1n) is 7.80. The molecular formula is C19H16BrNO5. The standard InChI is InChI=1S/C19H16BrNO5/c1-11-15-8-13(20)5-6-16(15)26-18(11)19(23)25-9-12-3-2-4-14(7-12)24-10-17(21)22/h2-8H,9-10H2,1H3,(H2,21,22). The van der Waals surface area contributed by atoms with E-state index >= 15 is 0 Å². The summed E-state index contributed by atoms with van der Waals surface area (Å²) in [6.45, 7) is 1.65. The number of benzene rings is 2. The molecule has 7 heteroatoms. The van der Waals surface area contributed by atoms with E-state index in [0.717, 1.165) is 21.0 Å². The summed E-state index contributed by atoms with van der Waals surface area (Å²) in [6.07, 6.45) is 0. The molecule has 3 rings (SSSR count). The van der Waals surface area contributed by atoms with Crippen LogP contribution in [-0.4, -0.2) is 18.5 Å². The van der Waals surface area contributed by atoms with Gasteiger partial charge in [0, 0.05) is 15.4 Å². The van der Waals surface area contributed by atoms with Crippen molar-refractivity contribution in [1.82, 2.24) is 0 Å². The number of aryl methyl sites for hydroxylation is 1. The van der Waals surface area contributed by atoms with Crippen LogP contribution < -0.4 is 10.5 Å². The SMILES string of the molecule is Cc1c(C(=O)OCc2cccc(OCC(N)=O)c2)oc2ccc(Br)cc12. The van der Waals surface area contributed by atoms with Gasteiger partial charge in [0.05, 0.1) is 0 Å². The van der Waals surface area contributed by atoms with Crippen molar-refractivity contribution in [3.63, 3.8) is 0 Å². The van der Waals surface area contributed by atoms with Crippen molar-refractivity contribution in [3.05, 3.63) is 63.8 Å². The molecule has 2 aromatic carbocycles. The van der Waals surface area contributed by atoms with Gasteiger partial charge >= 0.3 is 5.97 Å². The minimum Gasteiger partial charge on any atom is -0.484 e. The first kappa shape index (κ1) is 18.0. The summed E-state index contributed by atoms with van der Waals surface area (Å²) in [7, 11) is 0. The van der Waals surface area contributed by atoms with Gasteiger partial charge in [-0.1, -0.05) is 28.1 Å². The van der Waals surface area contributed by atoms with Crippen molar-refractivity contribution in [2.75, 3.05) is 6.61 Å². The molecule has 0 aliphatic carbocycles. The monoisotopic (exact) mass is 417 g/mol. The van der Waals surface area contributed by atoms with E-state index in [-0.39, 0.29) is 19.0 Å². The van der Waals surface area contributed by atoms with Gasteiger partial charge in [-0.25, -0.2) is 4.79 Å². The number of nitrogens with two attached hydrogens (primary N) is 1. The maximum atomic E-state index is 12.4. The molecule has 2 N–H and O–H groups in total. The summed E-state index contributed by atoms with van der Waals surface area (Å²) in [5, 5.41) is 0.855. The molecule has 0 aliphatic rings. The van der Waals surface area contributed by atoms with Crippen molar-refractivity contribution in [2.45, 2.75) is 13.5 Å². The minimum absolute atomic E-state index is 0.0484. The number of ether oxygens (including phenoxy) is 2. The van der Waals surface area contributed by atoms with Crippen molar-refractivity contribution >= 4 is 38.8 Å². The second-order valence-corrected chi connectivity index (χ2v) is 6.59. The van der Waals surface area contributed by atoms with Gasteiger partial charge in [-0.3, -0.25) is 4.79 Å². The quantitative estimate of drug-likeness (QED) is 0.616. The fraction of sp³-hybridized carbons (Fsp3) is 0.158. The Bertz CT molecular complexity index is 979. The van der Waals surface area contributed by atoms with Gasteiger partial charge in [-0.2, -0.15) is 0 Å². The third-order valence-electron chi connectivity index (χ3n) is 3.73. The van der Waals surface area contributed by atoms with E-state index in [1.54, 1.807) is 30.3 Å². The van der Waals surface area contributed by atoms with Crippen molar-refractivity contribution in [2.24, 2.45) is 5.73 Å². The molecule has 0 saturated carbocycles. The number of hydrogen-bond acceptors (Lipinski definition) is 5. The van der Waals surface area contributed by atoms with Crippen molar-refractivity contribution < 1.29 is 23.5 Å². The molecule has 1 heterocycles. The molecular weight excluding hydrogens is 402 g/mol. The van der Waals surface area contributed by atoms with E-state index < -0.39 is 11.9 Å². The Kier molecular flexibility index (Phi) is 5.27. The summed E-state index contributed by atoms with van der Waals surface area (Å²) in [5.41, 5.74) is 7.12. The molecule has 26 heavy (non-hydrogen) atoms. The lowest BCUT2D eigenvalue weighted by atomic mass is 10.1. The number of esters is 1. The van der Waals surface area contributed by atoms with Gasteiger partial charge in [-0.05, 0) is 42.8 Å². The van der Waals surface area contributed by atoms with Crippen LogP contribution in [0.2, 0.25) is 0 Å². The van der Waals surface area contributed by atoms with Gasteiger partial charge in [0.15, 0.2) is 6.61 Å². The predicted molar refractivity (Wildman–Crippen MR) is 98.9 cm³/mol. The van der Waals surface area contributed by atoms with E-state index in [9.17, 15) is 9.59 Å². The molecule has 6 nitrogen and oxygen atoms in total. The lowest BCUT2D eigenvalue weighted by molar-refractivity contribution is -0.119. The fourth-order valence-corrected chi connectivity index (χ4v) is 2.84. The summed E-state index contributed by atoms with van der Waals surface area (Å²) in [5.74, 6) is -0.451. The average Bonchev–Trinajstić information content (AvgIpc) is 2.95. The van der Waals surface area contributed by atoms with Gasteiger partial charge in [-0.15, -0.1) is 0 Å². The molecule has 0 radical (unpaired) electrons. The second kappa shape index (κ2) is 7.61. The number of furan rings is 1. The van der Waals surface area contributed by atoms with Gasteiger partial charge in [0.1, 0.15) is 17.9 Å². The van der Waals surface area contributed by atoms with Crippen LogP contribution in [0.5, 0.6) is 5.75 Å². The highest BCUT2D eigenvalue weighted by Crippen LogP contribution is 2.28. The van der Waals surface area contributed by atoms with Crippen molar-refractivity contribution in [3.8, 4) is 5.75 Å². The van der Waals surface area contributed by atoms with Crippen LogP contribution in [0.25, 0.3) is 11.0 Å². The van der Waals surface area contributed by atoms with E-state index in [0.29, 0.717) is 11.3 Å². The Labute approximate surface area is 158 Å². The Balaban J connectivity index is 1.70. The molecule has 0 unspecified atom stereocenters. The molecule has 1 aromatic heterocycles. The Morgan fingerprint density at radius 1 is 1.19 bits per heavy atom. The number of primary amides is 1. The van der Waals surface area contributed by atoms with Gasteiger partial charge in [0.25, 0.3) is 5.91 Å². The Morgan fingerprint density at radius 3 is 2.77 bits per heavy atom. The normalized spacial score (nSPS) is 10.7. The summed E-state index contributed by atoms with van der Waals surface area (Å²) >= 11 is 3.40. The van der Waals surface area contributed by atoms with Crippen LogP contribution in [0.4, 0.5) is 0 Å². The highest BCUT2D eigenvalue weighted by atomic mass is 79.9.